The summed E-state index contributed by atoms with van der Waals surface area (Å²) >= 11 is 1.72. The molecule has 0 radical (unpaired) electrons. The van der Waals surface area contributed by atoms with E-state index < -0.39 is 0 Å². The standard InChI is InChI=1S/C15H24N4OS/c1-12(2)15(20)16-13-6-7-14(18-17-13)21-11-10-19-8-4-3-5-9-19/h6-7,12H,3-5,8-11H2,1-2H3,(H,16,17,20). The van der Waals surface area contributed by atoms with E-state index in [0.717, 1.165) is 17.3 Å². The third-order valence-corrected chi connectivity index (χ3v) is 4.42. The number of piperidine rings is 1. The van der Waals surface area contributed by atoms with Crippen molar-refractivity contribution in [2.24, 2.45) is 5.92 Å². The predicted molar refractivity (Wildman–Crippen MR) is 86.5 cm³/mol. The summed E-state index contributed by atoms with van der Waals surface area (Å²) in [4.78, 5) is 14.1. The smallest absolute Gasteiger partial charge is 0.228 e. The first kappa shape index (κ1) is 16.2. The number of hydrogen-bond acceptors (Lipinski definition) is 5. The van der Waals surface area contributed by atoms with Crippen LogP contribution in [0.4, 0.5) is 5.82 Å². The van der Waals surface area contributed by atoms with Gasteiger partial charge in [0.1, 0.15) is 5.03 Å². The molecule has 2 heterocycles. The number of carbonyl (C=O) groups excluding carboxylic acids is 1. The maximum absolute atomic E-state index is 11.6. The summed E-state index contributed by atoms with van der Waals surface area (Å²) in [6, 6.07) is 3.74. The Morgan fingerprint density at radius 3 is 2.67 bits per heavy atom. The fourth-order valence-corrected chi connectivity index (χ4v) is 3.02. The molecular weight excluding hydrogens is 284 g/mol. The van der Waals surface area contributed by atoms with Gasteiger partial charge in [0.05, 0.1) is 0 Å². The minimum absolute atomic E-state index is 0.0326. The first-order chi connectivity index (χ1) is 10.1. The van der Waals surface area contributed by atoms with E-state index in [-0.39, 0.29) is 11.8 Å². The van der Waals surface area contributed by atoms with Gasteiger partial charge in [-0.2, -0.15) is 0 Å². The summed E-state index contributed by atoms with van der Waals surface area (Å²) in [7, 11) is 0. The van der Waals surface area contributed by atoms with E-state index in [1.54, 1.807) is 11.8 Å². The molecule has 0 bridgehead atoms. The molecule has 1 aromatic heterocycles. The van der Waals surface area contributed by atoms with Gasteiger partial charge < -0.3 is 10.2 Å². The van der Waals surface area contributed by atoms with Gasteiger partial charge in [-0.1, -0.05) is 20.3 Å². The van der Waals surface area contributed by atoms with Crippen LogP contribution >= 0.6 is 11.8 Å². The molecule has 2 rings (SSSR count). The Balaban J connectivity index is 1.73. The van der Waals surface area contributed by atoms with Crippen molar-refractivity contribution >= 4 is 23.5 Å². The number of aromatic nitrogens is 2. The Kier molecular flexibility index (Phi) is 6.45. The fraction of sp³-hybridized carbons (Fsp3) is 0.667. The summed E-state index contributed by atoms with van der Waals surface area (Å²) in [5, 5.41) is 11.9. The fourth-order valence-electron chi connectivity index (χ4n) is 2.20. The van der Waals surface area contributed by atoms with Crippen molar-refractivity contribution in [2.45, 2.75) is 38.1 Å². The van der Waals surface area contributed by atoms with E-state index in [1.807, 2.05) is 26.0 Å². The molecule has 0 aromatic carbocycles. The minimum atomic E-state index is -0.0506. The number of carbonyl (C=O) groups is 1. The second-order valence-electron chi connectivity index (χ2n) is 5.65. The highest BCUT2D eigenvalue weighted by molar-refractivity contribution is 7.99. The normalized spacial score (nSPS) is 16.1. The van der Waals surface area contributed by atoms with Gasteiger partial charge in [0.25, 0.3) is 0 Å². The lowest BCUT2D eigenvalue weighted by molar-refractivity contribution is -0.118. The van der Waals surface area contributed by atoms with E-state index in [0.29, 0.717) is 5.82 Å². The third kappa shape index (κ3) is 5.63. The van der Waals surface area contributed by atoms with Gasteiger partial charge in [-0.05, 0) is 38.1 Å². The number of likely N-dealkylation sites (tertiary alicyclic amines) is 1. The largest absolute Gasteiger partial charge is 0.309 e. The summed E-state index contributed by atoms with van der Waals surface area (Å²) in [5.74, 6) is 1.47. The van der Waals surface area contributed by atoms with Crippen LogP contribution in [-0.4, -0.2) is 46.4 Å². The third-order valence-electron chi connectivity index (χ3n) is 3.52. The average Bonchev–Trinajstić information content (AvgIpc) is 2.50. The van der Waals surface area contributed by atoms with Crippen LogP contribution < -0.4 is 5.32 Å². The highest BCUT2D eigenvalue weighted by atomic mass is 32.2. The summed E-state index contributed by atoms with van der Waals surface area (Å²) in [6.45, 7) is 7.28. The second-order valence-corrected chi connectivity index (χ2v) is 6.77. The molecule has 1 saturated heterocycles. The zero-order valence-corrected chi connectivity index (χ0v) is 13.7. The van der Waals surface area contributed by atoms with Gasteiger partial charge in [-0.15, -0.1) is 22.0 Å². The van der Waals surface area contributed by atoms with Gasteiger partial charge in [-0.3, -0.25) is 4.79 Å². The molecule has 0 spiro atoms. The van der Waals surface area contributed by atoms with Crippen molar-refractivity contribution in [3.05, 3.63) is 12.1 Å². The molecule has 1 N–H and O–H groups in total. The Morgan fingerprint density at radius 1 is 1.29 bits per heavy atom. The van der Waals surface area contributed by atoms with Crippen LogP contribution in [0.25, 0.3) is 0 Å². The highest BCUT2D eigenvalue weighted by Gasteiger charge is 2.10. The van der Waals surface area contributed by atoms with Crippen LogP contribution in [0, 0.1) is 5.92 Å². The summed E-state index contributed by atoms with van der Waals surface area (Å²) in [6.07, 6.45) is 4.03. The van der Waals surface area contributed by atoms with Crippen LogP contribution in [-0.2, 0) is 4.79 Å². The van der Waals surface area contributed by atoms with Gasteiger partial charge >= 0.3 is 0 Å². The van der Waals surface area contributed by atoms with Crippen molar-refractivity contribution in [1.29, 1.82) is 0 Å². The van der Waals surface area contributed by atoms with Crippen LogP contribution in [0.1, 0.15) is 33.1 Å². The lowest BCUT2D eigenvalue weighted by atomic mass is 10.1. The zero-order valence-electron chi connectivity index (χ0n) is 12.8. The van der Waals surface area contributed by atoms with E-state index in [2.05, 4.69) is 20.4 Å². The van der Waals surface area contributed by atoms with Crippen LogP contribution in [0.5, 0.6) is 0 Å². The molecule has 1 aliphatic rings. The number of anilines is 1. The van der Waals surface area contributed by atoms with Gasteiger partial charge in [0, 0.05) is 18.2 Å². The Labute approximate surface area is 130 Å². The van der Waals surface area contributed by atoms with Gasteiger partial charge in [-0.25, -0.2) is 0 Å². The maximum Gasteiger partial charge on any atom is 0.228 e. The van der Waals surface area contributed by atoms with E-state index >= 15 is 0 Å². The number of hydrogen-bond donors (Lipinski definition) is 1. The number of rotatable bonds is 6. The molecule has 1 aromatic rings. The van der Waals surface area contributed by atoms with Crippen molar-refractivity contribution < 1.29 is 4.79 Å². The molecule has 0 saturated carbocycles. The van der Waals surface area contributed by atoms with Gasteiger partial charge in [0.2, 0.25) is 5.91 Å². The number of nitrogens with zero attached hydrogens (tertiary/aromatic N) is 3. The SMILES string of the molecule is CC(C)C(=O)Nc1ccc(SCCN2CCCCC2)nn1. The number of amides is 1. The van der Waals surface area contributed by atoms with Crippen LogP contribution in [0.15, 0.2) is 17.2 Å². The Bertz CT molecular complexity index is 443. The minimum Gasteiger partial charge on any atom is -0.309 e. The predicted octanol–water partition coefficient (Wildman–Crippen LogP) is 2.65. The molecule has 21 heavy (non-hydrogen) atoms. The average molecular weight is 308 g/mol. The van der Waals surface area contributed by atoms with E-state index in [9.17, 15) is 4.79 Å². The van der Waals surface area contributed by atoms with E-state index in [4.69, 9.17) is 0 Å². The quantitative estimate of drug-likeness (QED) is 0.819. The van der Waals surface area contributed by atoms with Crippen LogP contribution in [0.2, 0.25) is 0 Å². The summed E-state index contributed by atoms with van der Waals surface area (Å²) < 4.78 is 0. The number of nitrogens with one attached hydrogen (secondary N) is 1. The lowest BCUT2D eigenvalue weighted by Crippen LogP contribution is -2.31. The van der Waals surface area contributed by atoms with Crippen molar-refractivity contribution in [1.82, 2.24) is 15.1 Å². The monoisotopic (exact) mass is 308 g/mol. The Morgan fingerprint density at radius 2 is 2.05 bits per heavy atom. The van der Waals surface area contributed by atoms with Crippen molar-refractivity contribution in [2.75, 3.05) is 30.7 Å². The molecule has 1 amide bonds. The van der Waals surface area contributed by atoms with Crippen LogP contribution in [0.3, 0.4) is 0 Å². The molecule has 0 aliphatic carbocycles. The number of thioether (sulfide) groups is 1. The molecule has 5 nitrogen and oxygen atoms in total. The molecule has 1 aliphatic heterocycles. The Hall–Kier alpha value is -1.14. The molecule has 116 valence electrons. The molecular formula is C15H24N4OS. The second kappa shape index (κ2) is 8.34. The van der Waals surface area contributed by atoms with Crippen molar-refractivity contribution in [3.63, 3.8) is 0 Å². The maximum atomic E-state index is 11.6. The highest BCUT2D eigenvalue weighted by Crippen LogP contribution is 2.17. The lowest BCUT2D eigenvalue weighted by Gasteiger charge is -2.25. The zero-order chi connectivity index (χ0) is 15.1. The van der Waals surface area contributed by atoms with Gasteiger partial charge in [0.15, 0.2) is 5.82 Å². The molecule has 0 unspecified atom stereocenters. The first-order valence-electron chi connectivity index (χ1n) is 7.65. The molecule has 1 fully saturated rings. The van der Waals surface area contributed by atoms with Crippen molar-refractivity contribution in [3.8, 4) is 0 Å². The topological polar surface area (TPSA) is 58.1 Å². The molecule has 6 heteroatoms. The first-order valence-corrected chi connectivity index (χ1v) is 8.63. The molecule has 0 atom stereocenters. The van der Waals surface area contributed by atoms with E-state index in [1.165, 1.54) is 32.4 Å². The summed E-state index contributed by atoms with van der Waals surface area (Å²) in [5.41, 5.74) is 0.